The number of hydrogen-bond donors (Lipinski definition) is 2. The van der Waals surface area contributed by atoms with Gasteiger partial charge in [-0.1, -0.05) is 49.3 Å². The third-order valence-corrected chi connectivity index (χ3v) is 7.68. The van der Waals surface area contributed by atoms with Gasteiger partial charge in [0.15, 0.2) is 0 Å². The zero-order valence-corrected chi connectivity index (χ0v) is 20.7. The van der Waals surface area contributed by atoms with E-state index in [9.17, 15) is 14.7 Å². The number of urea groups is 1. The summed E-state index contributed by atoms with van der Waals surface area (Å²) in [6, 6.07) is 14.5. The lowest BCUT2D eigenvalue weighted by molar-refractivity contribution is -0.159. The Morgan fingerprint density at radius 1 is 1.14 bits per heavy atom. The highest BCUT2D eigenvalue weighted by Gasteiger charge is 2.54. The van der Waals surface area contributed by atoms with E-state index in [1.165, 1.54) is 32.1 Å². The minimum Gasteiger partial charge on any atom is -0.497 e. The third kappa shape index (κ3) is 4.91. The fourth-order valence-corrected chi connectivity index (χ4v) is 5.78. The molecule has 2 saturated heterocycles. The van der Waals surface area contributed by atoms with Gasteiger partial charge in [-0.05, 0) is 42.7 Å². The van der Waals surface area contributed by atoms with E-state index in [0.29, 0.717) is 23.9 Å². The van der Waals surface area contributed by atoms with Gasteiger partial charge in [-0.25, -0.2) is 4.79 Å². The predicted octanol–water partition coefficient (Wildman–Crippen LogP) is 3.83. The molecule has 3 atom stereocenters. The Morgan fingerprint density at radius 2 is 1.92 bits per heavy atom. The summed E-state index contributed by atoms with van der Waals surface area (Å²) in [5.41, 5.74) is 2.65. The van der Waals surface area contributed by atoms with Crippen molar-refractivity contribution < 1.29 is 19.4 Å². The van der Waals surface area contributed by atoms with Crippen molar-refractivity contribution in [2.24, 2.45) is 5.92 Å². The largest absolute Gasteiger partial charge is 0.497 e. The van der Waals surface area contributed by atoms with Crippen molar-refractivity contribution in [3.63, 3.8) is 0 Å². The monoisotopic (exact) mass is 487 g/mol. The van der Waals surface area contributed by atoms with Gasteiger partial charge in [-0.15, -0.1) is 0 Å². The van der Waals surface area contributed by atoms with Crippen LogP contribution in [0.15, 0.2) is 48.5 Å². The van der Waals surface area contributed by atoms with E-state index in [2.05, 4.69) is 29.3 Å². The molecule has 0 spiro atoms. The maximum Gasteiger partial charge on any atom is 0.322 e. The molecule has 0 radical (unpaired) electrons. The molecular formula is C29H33N3O4. The van der Waals surface area contributed by atoms with Gasteiger partial charge in [0, 0.05) is 35.7 Å². The molecule has 1 saturated carbocycles. The van der Waals surface area contributed by atoms with E-state index in [1.54, 1.807) is 41.2 Å². The fourth-order valence-electron chi connectivity index (χ4n) is 5.78. The minimum absolute atomic E-state index is 0.00871. The number of hydrogen-bond acceptors (Lipinski definition) is 4. The third-order valence-electron chi connectivity index (χ3n) is 7.68. The summed E-state index contributed by atoms with van der Waals surface area (Å²) in [6.45, 7) is 0.295. The predicted molar refractivity (Wildman–Crippen MR) is 138 cm³/mol. The van der Waals surface area contributed by atoms with E-state index in [-0.39, 0.29) is 43.1 Å². The summed E-state index contributed by atoms with van der Waals surface area (Å²) in [5, 5.41) is 12.9. The molecule has 2 aromatic carbocycles. The number of piperazine rings is 1. The Morgan fingerprint density at radius 3 is 2.64 bits per heavy atom. The van der Waals surface area contributed by atoms with Crippen molar-refractivity contribution in [3.8, 4) is 17.6 Å². The Labute approximate surface area is 212 Å². The number of aliphatic hydroxyl groups is 1. The Kier molecular flexibility index (Phi) is 7.15. The topological polar surface area (TPSA) is 82.1 Å². The van der Waals surface area contributed by atoms with Crippen LogP contribution in [0.4, 0.5) is 10.5 Å². The molecule has 0 aromatic heterocycles. The van der Waals surface area contributed by atoms with E-state index in [1.807, 2.05) is 12.1 Å². The molecule has 2 heterocycles. The highest BCUT2D eigenvalue weighted by Crippen LogP contribution is 2.43. The Hall–Kier alpha value is -3.50. The standard InChI is InChI=1S/C29H33N3O4/c1-36-24-9-5-8-23(16-24)30-29(35)31-17-25-28(26(19-33)32(25)27(34)18-31)22-14-12-21(13-15-22)11-10-20-6-3-2-4-7-20/h5,8-9,12-16,20,25-26,28,33H,2-4,6-7,17-19H2,1H3,(H,30,35)/t25-,26-,28+/m1/s1. The van der Waals surface area contributed by atoms with Crippen molar-refractivity contribution >= 4 is 17.6 Å². The minimum atomic E-state index is -0.323. The maximum atomic E-state index is 13.0. The molecule has 36 heavy (non-hydrogen) atoms. The summed E-state index contributed by atoms with van der Waals surface area (Å²) >= 11 is 0. The van der Waals surface area contributed by atoms with Gasteiger partial charge in [0.1, 0.15) is 12.3 Å². The molecule has 2 aromatic rings. The number of carbonyl (C=O) groups is 2. The van der Waals surface area contributed by atoms with Gasteiger partial charge in [0.05, 0.1) is 25.8 Å². The van der Waals surface area contributed by atoms with Crippen LogP contribution in [0.25, 0.3) is 0 Å². The van der Waals surface area contributed by atoms with Gasteiger partial charge < -0.3 is 25.0 Å². The van der Waals surface area contributed by atoms with Crippen LogP contribution in [0.1, 0.15) is 49.1 Å². The molecule has 2 aliphatic heterocycles. The lowest BCUT2D eigenvalue weighted by Gasteiger charge is -2.58. The van der Waals surface area contributed by atoms with Crippen LogP contribution >= 0.6 is 0 Å². The second kappa shape index (κ2) is 10.6. The van der Waals surface area contributed by atoms with Gasteiger partial charge in [-0.3, -0.25) is 4.79 Å². The molecule has 0 bridgehead atoms. The van der Waals surface area contributed by atoms with E-state index in [0.717, 1.165) is 11.1 Å². The van der Waals surface area contributed by atoms with Crippen LogP contribution in [0.2, 0.25) is 0 Å². The molecule has 3 aliphatic rings. The lowest BCUT2D eigenvalue weighted by atomic mass is 9.73. The quantitative estimate of drug-likeness (QED) is 0.643. The normalized spacial score (nSPS) is 23.7. The summed E-state index contributed by atoms with van der Waals surface area (Å²) in [5.74, 6) is 7.72. The molecule has 3 amide bonds. The first-order chi connectivity index (χ1) is 17.6. The smallest absolute Gasteiger partial charge is 0.322 e. The van der Waals surface area contributed by atoms with Crippen molar-refractivity contribution in [1.29, 1.82) is 0 Å². The molecule has 188 valence electrons. The molecular weight excluding hydrogens is 454 g/mol. The molecule has 0 unspecified atom stereocenters. The van der Waals surface area contributed by atoms with Gasteiger partial charge in [0.2, 0.25) is 5.91 Å². The van der Waals surface area contributed by atoms with Crippen LogP contribution in [-0.2, 0) is 4.79 Å². The zero-order chi connectivity index (χ0) is 25.1. The van der Waals surface area contributed by atoms with Gasteiger partial charge in [-0.2, -0.15) is 0 Å². The van der Waals surface area contributed by atoms with Crippen LogP contribution in [0.5, 0.6) is 5.75 Å². The number of anilines is 1. The lowest BCUT2D eigenvalue weighted by Crippen LogP contribution is -2.73. The van der Waals surface area contributed by atoms with E-state index >= 15 is 0 Å². The second-order valence-electron chi connectivity index (χ2n) is 9.91. The van der Waals surface area contributed by atoms with Crippen LogP contribution < -0.4 is 10.1 Å². The summed E-state index contributed by atoms with van der Waals surface area (Å²) in [4.78, 5) is 29.2. The summed E-state index contributed by atoms with van der Waals surface area (Å²) < 4.78 is 5.22. The number of nitrogens with one attached hydrogen (secondary N) is 1. The van der Waals surface area contributed by atoms with E-state index < -0.39 is 0 Å². The van der Waals surface area contributed by atoms with E-state index in [4.69, 9.17) is 4.74 Å². The summed E-state index contributed by atoms with van der Waals surface area (Å²) in [7, 11) is 1.57. The SMILES string of the molecule is COc1cccc(NC(=O)N2CC(=O)N3[C@H](CO)[C@@H](c4ccc(C#CC5CCCCC5)cc4)[C@H]3C2)c1. The summed E-state index contributed by atoms with van der Waals surface area (Å²) in [6.07, 6.45) is 6.25. The van der Waals surface area contributed by atoms with Crippen molar-refractivity contribution in [3.05, 3.63) is 59.7 Å². The van der Waals surface area contributed by atoms with Gasteiger partial charge in [0.25, 0.3) is 0 Å². The van der Waals surface area contributed by atoms with Crippen LogP contribution in [0, 0.1) is 17.8 Å². The Bertz CT molecular complexity index is 1160. The molecule has 2 N–H and O–H groups in total. The molecule has 3 fully saturated rings. The number of carbonyl (C=O) groups excluding carboxylic acids is 2. The average Bonchev–Trinajstić information content (AvgIpc) is 2.90. The number of benzene rings is 2. The highest BCUT2D eigenvalue weighted by molar-refractivity contribution is 5.94. The Balaban J connectivity index is 1.28. The first-order valence-electron chi connectivity index (χ1n) is 12.8. The van der Waals surface area contributed by atoms with Crippen molar-refractivity contribution in [2.75, 3.05) is 32.1 Å². The molecule has 7 nitrogen and oxygen atoms in total. The molecule has 7 heteroatoms. The first-order valence-corrected chi connectivity index (χ1v) is 12.8. The number of nitrogens with zero attached hydrogens (tertiary/aromatic N) is 2. The zero-order valence-electron chi connectivity index (χ0n) is 20.7. The van der Waals surface area contributed by atoms with Gasteiger partial charge >= 0.3 is 6.03 Å². The average molecular weight is 488 g/mol. The number of amides is 3. The van der Waals surface area contributed by atoms with Crippen molar-refractivity contribution in [1.82, 2.24) is 9.80 Å². The molecule has 1 aliphatic carbocycles. The van der Waals surface area contributed by atoms with Crippen LogP contribution in [-0.4, -0.2) is 65.7 Å². The maximum absolute atomic E-state index is 13.0. The van der Waals surface area contributed by atoms with Crippen molar-refractivity contribution in [2.45, 2.75) is 50.1 Å². The number of rotatable bonds is 4. The number of methoxy groups -OCH3 is 1. The number of ether oxygens (including phenoxy) is 1. The number of fused-ring (bicyclic) bond motifs is 1. The fraction of sp³-hybridized carbons (Fsp3) is 0.448. The molecule has 5 rings (SSSR count). The second-order valence-corrected chi connectivity index (χ2v) is 9.91. The number of aliphatic hydroxyl groups excluding tert-OH is 1. The highest BCUT2D eigenvalue weighted by atomic mass is 16.5. The van der Waals surface area contributed by atoms with Crippen LogP contribution in [0.3, 0.4) is 0 Å². The first kappa shape index (κ1) is 24.2.